The molecule has 0 saturated carbocycles. The summed E-state index contributed by atoms with van der Waals surface area (Å²) in [6, 6.07) is 2.33. The van der Waals surface area contributed by atoms with Crippen LogP contribution in [0.5, 0.6) is 0 Å². The van der Waals surface area contributed by atoms with E-state index in [1.807, 2.05) is 11.8 Å². The number of hydrogen-bond donors (Lipinski definition) is 2. The van der Waals surface area contributed by atoms with Gasteiger partial charge in [-0.2, -0.15) is 5.26 Å². The van der Waals surface area contributed by atoms with Crippen molar-refractivity contribution < 1.29 is 20.4 Å². The van der Waals surface area contributed by atoms with Gasteiger partial charge in [-0.15, -0.1) is 0 Å². The second-order valence-corrected chi connectivity index (χ2v) is 5.01. The topological polar surface area (TPSA) is 126 Å². The van der Waals surface area contributed by atoms with Crippen LogP contribution in [0, 0.1) is 22.2 Å². The number of rotatable bonds is 2. The SMILES string of the molecule is CC1(C#N)CCCN(c2nc(N)nc([NH-])c2C=N)C1.[Re]. The molecule has 1 aliphatic heterocycles. The van der Waals surface area contributed by atoms with E-state index in [4.69, 9.17) is 16.9 Å². The average Bonchev–Trinajstić information content (AvgIpc) is 2.38. The van der Waals surface area contributed by atoms with Crippen LogP contribution in [0.25, 0.3) is 5.73 Å². The van der Waals surface area contributed by atoms with Gasteiger partial charge >= 0.3 is 0 Å². The third-order valence-electron chi connectivity index (χ3n) is 3.35. The fourth-order valence-electron chi connectivity index (χ4n) is 2.36. The monoisotopic (exact) mass is 445 g/mol. The van der Waals surface area contributed by atoms with Gasteiger partial charge in [0.15, 0.2) is 0 Å². The molecule has 0 amide bonds. The summed E-state index contributed by atoms with van der Waals surface area (Å²) in [5.41, 5.74) is 13.2. The van der Waals surface area contributed by atoms with Crippen molar-refractivity contribution in [2.75, 3.05) is 23.7 Å². The van der Waals surface area contributed by atoms with E-state index in [-0.39, 0.29) is 32.2 Å². The van der Waals surface area contributed by atoms with E-state index in [0.29, 0.717) is 17.9 Å². The number of aromatic nitrogens is 2. The summed E-state index contributed by atoms with van der Waals surface area (Å²) >= 11 is 0. The molecule has 2 rings (SSSR count). The molecule has 1 aromatic rings. The summed E-state index contributed by atoms with van der Waals surface area (Å²) in [4.78, 5) is 9.81. The van der Waals surface area contributed by atoms with Crippen molar-refractivity contribution in [2.24, 2.45) is 5.41 Å². The van der Waals surface area contributed by atoms with Gasteiger partial charge in [0.25, 0.3) is 0 Å². The van der Waals surface area contributed by atoms with Gasteiger partial charge in [0.05, 0.1) is 11.5 Å². The molecule has 20 heavy (non-hydrogen) atoms. The summed E-state index contributed by atoms with van der Waals surface area (Å²) in [5, 5.41) is 16.6. The van der Waals surface area contributed by atoms with Gasteiger partial charge in [-0.3, -0.25) is 0 Å². The van der Waals surface area contributed by atoms with Crippen molar-refractivity contribution in [2.45, 2.75) is 19.8 Å². The van der Waals surface area contributed by atoms with E-state index in [0.717, 1.165) is 25.6 Å². The van der Waals surface area contributed by atoms with Crippen molar-refractivity contribution in [3.63, 3.8) is 0 Å². The molecule has 7 nitrogen and oxygen atoms in total. The number of nitrogens with zero attached hydrogens (tertiary/aromatic N) is 4. The minimum absolute atomic E-state index is 0. The molecule has 1 aromatic heterocycles. The number of piperidine rings is 1. The Kier molecular flexibility index (Phi) is 5.05. The van der Waals surface area contributed by atoms with E-state index in [1.54, 1.807) is 0 Å². The van der Waals surface area contributed by atoms with E-state index in [1.165, 1.54) is 0 Å². The molecule has 1 unspecified atom stereocenters. The van der Waals surface area contributed by atoms with Gasteiger partial charge < -0.3 is 26.8 Å². The Balaban J connectivity index is 0.00000200. The first kappa shape index (κ1) is 16.4. The maximum absolute atomic E-state index is 9.23. The Morgan fingerprint density at radius 2 is 2.25 bits per heavy atom. The number of hydrogen-bond acceptors (Lipinski definition) is 6. The number of anilines is 2. The predicted molar refractivity (Wildman–Crippen MR) is 73.5 cm³/mol. The Labute approximate surface area is 131 Å². The minimum atomic E-state index is -0.431. The first-order valence-corrected chi connectivity index (χ1v) is 6.05. The first-order valence-electron chi connectivity index (χ1n) is 6.05. The molecule has 0 spiro atoms. The molecule has 1 saturated heterocycles. The summed E-state index contributed by atoms with van der Waals surface area (Å²) in [5.74, 6) is 0.449. The summed E-state index contributed by atoms with van der Waals surface area (Å²) < 4.78 is 0. The fraction of sp³-hybridized carbons (Fsp3) is 0.500. The molecule has 0 bridgehead atoms. The van der Waals surface area contributed by atoms with Crippen molar-refractivity contribution in [3.8, 4) is 6.07 Å². The van der Waals surface area contributed by atoms with Gasteiger partial charge in [-0.1, -0.05) is 0 Å². The average molecular weight is 445 g/mol. The molecule has 0 aromatic carbocycles. The zero-order chi connectivity index (χ0) is 14.0. The number of nitrogen functional groups attached to an aromatic ring is 1. The van der Waals surface area contributed by atoms with Crippen LogP contribution < -0.4 is 10.6 Å². The van der Waals surface area contributed by atoms with Gasteiger partial charge in [-0.05, 0) is 25.6 Å². The third kappa shape index (κ3) is 3.06. The van der Waals surface area contributed by atoms with E-state index >= 15 is 0 Å². The first-order chi connectivity index (χ1) is 8.99. The molecule has 1 fully saturated rings. The molecule has 1 atom stereocenters. The van der Waals surface area contributed by atoms with Crippen LogP contribution in [0.4, 0.5) is 17.6 Å². The molecule has 1 aliphatic rings. The second kappa shape index (κ2) is 6.17. The molecule has 1 radical (unpaired) electrons. The predicted octanol–water partition coefficient (Wildman–Crippen LogP) is 1.87. The zero-order valence-corrected chi connectivity index (χ0v) is 13.9. The maximum Gasteiger partial charge on any atom is 0.139 e. The van der Waals surface area contributed by atoms with E-state index < -0.39 is 5.41 Å². The van der Waals surface area contributed by atoms with Crippen LogP contribution in [-0.4, -0.2) is 29.3 Å². The van der Waals surface area contributed by atoms with Crippen molar-refractivity contribution >= 4 is 23.8 Å². The smallest absolute Gasteiger partial charge is 0.139 e. The molecular formula is C12H16N7Re-. The molecule has 0 aliphatic carbocycles. The number of nitrogens with one attached hydrogen (secondary N) is 2. The molecule has 107 valence electrons. The molecule has 4 N–H and O–H groups in total. The summed E-state index contributed by atoms with van der Waals surface area (Å²) in [6.07, 6.45) is 2.78. The summed E-state index contributed by atoms with van der Waals surface area (Å²) in [6.45, 7) is 3.18. The van der Waals surface area contributed by atoms with Crippen LogP contribution in [0.2, 0.25) is 0 Å². The van der Waals surface area contributed by atoms with Gasteiger partial charge in [0.2, 0.25) is 0 Å². The van der Waals surface area contributed by atoms with Gasteiger partial charge in [-0.25, -0.2) is 4.98 Å². The van der Waals surface area contributed by atoms with E-state index in [2.05, 4.69) is 16.0 Å². The quantitative estimate of drug-likeness (QED) is 0.674. The Hall–Kier alpha value is -1.70. The second-order valence-electron chi connectivity index (χ2n) is 5.01. The summed E-state index contributed by atoms with van der Waals surface area (Å²) in [7, 11) is 0. The number of nitriles is 1. The normalized spacial score (nSPS) is 21.7. The van der Waals surface area contributed by atoms with Crippen LogP contribution >= 0.6 is 0 Å². The Morgan fingerprint density at radius 3 is 2.85 bits per heavy atom. The minimum Gasteiger partial charge on any atom is -0.481 e. The van der Waals surface area contributed by atoms with Crippen LogP contribution in [-0.2, 0) is 20.4 Å². The van der Waals surface area contributed by atoms with Crippen molar-refractivity contribution in [1.29, 1.82) is 10.7 Å². The van der Waals surface area contributed by atoms with Crippen LogP contribution in [0.15, 0.2) is 0 Å². The fourth-order valence-corrected chi connectivity index (χ4v) is 2.36. The van der Waals surface area contributed by atoms with Gasteiger partial charge in [0.1, 0.15) is 11.8 Å². The third-order valence-corrected chi connectivity index (χ3v) is 3.35. The molecule has 2 heterocycles. The van der Waals surface area contributed by atoms with E-state index in [9.17, 15) is 5.26 Å². The largest absolute Gasteiger partial charge is 0.481 e. The zero-order valence-electron chi connectivity index (χ0n) is 11.1. The molecular weight excluding hydrogens is 428 g/mol. The van der Waals surface area contributed by atoms with Gasteiger partial charge in [0, 0.05) is 45.3 Å². The number of nitrogens with two attached hydrogens (primary N) is 1. The molecule has 8 heteroatoms. The maximum atomic E-state index is 9.23. The van der Waals surface area contributed by atoms with Crippen molar-refractivity contribution in [1.82, 2.24) is 9.97 Å². The Bertz CT molecular complexity index is 553. The van der Waals surface area contributed by atoms with Crippen molar-refractivity contribution in [3.05, 3.63) is 11.3 Å². The van der Waals surface area contributed by atoms with Crippen LogP contribution in [0.1, 0.15) is 25.3 Å². The Morgan fingerprint density at radius 1 is 1.55 bits per heavy atom. The van der Waals surface area contributed by atoms with Crippen LogP contribution in [0.3, 0.4) is 0 Å². The standard InChI is InChI=1S/C12H16N7.Re/c1-12(6-14)3-2-4-19(7-12)10-8(5-13)9(15)17-11(16)18-10;/h5,13H,2-4,7H2,1H3,(H3-,15,16,17,18);/q-1;.